The van der Waals surface area contributed by atoms with Gasteiger partial charge in [0.25, 0.3) is 0 Å². The molecule has 1 rings (SSSR count). The number of esters is 1. The zero-order valence-corrected chi connectivity index (χ0v) is 22.1. The predicted octanol–water partition coefficient (Wildman–Crippen LogP) is 6.93. The maximum Gasteiger partial charge on any atom is 0.306 e. The van der Waals surface area contributed by atoms with Crippen molar-refractivity contribution in [3.63, 3.8) is 0 Å². The third-order valence-corrected chi connectivity index (χ3v) is 7.05. The van der Waals surface area contributed by atoms with Gasteiger partial charge in [-0.2, -0.15) is 0 Å². The molecule has 0 aromatic rings. The van der Waals surface area contributed by atoms with E-state index in [1.165, 1.54) is 12.8 Å². The van der Waals surface area contributed by atoms with E-state index in [-0.39, 0.29) is 35.7 Å². The average Bonchev–Trinajstić information content (AvgIpc) is 2.82. The number of rotatable bonds is 3. The van der Waals surface area contributed by atoms with Crippen molar-refractivity contribution in [1.29, 1.82) is 0 Å². The third-order valence-electron chi connectivity index (χ3n) is 7.05. The van der Waals surface area contributed by atoms with E-state index in [9.17, 15) is 15.0 Å². The molecule has 194 valence electrons. The number of hydrogen-bond donors (Lipinski definition) is 2. The molecule has 34 heavy (non-hydrogen) atoms. The number of carbonyl (C=O) groups excluding carboxylic acids is 1. The van der Waals surface area contributed by atoms with Gasteiger partial charge in [0.05, 0.1) is 12.2 Å². The number of cyclic esters (lactones) is 1. The lowest BCUT2D eigenvalue weighted by Gasteiger charge is -2.31. The van der Waals surface area contributed by atoms with Gasteiger partial charge >= 0.3 is 5.97 Å². The van der Waals surface area contributed by atoms with Crippen LogP contribution in [-0.2, 0) is 9.53 Å². The van der Waals surface area contributed by atoms with E-state index in [0.717, 1.165) is 32.1 Å². The van der Waals surface area contributed by atoms with Gasteiger partial charge in [-0.3, -0.25) is 4.79 Å². The Morgan fingerprint density at radius 2 is 1.56 bits per heavy atom. The Kier molecular flexibility index (Phi) is 15.8. The Morgan fingerprint density at radius 3 is 2.21 bits per heavy atom. The fourth-order valence-corrected chi connectivity index (χ4v) is 4.58. The highest BCUT2D eigenvalue weighted by molar-refractivity contribution is 5.69. The molecule has 0 aromatic heterocycles. The van der Waals surface area contributed by atoms with Crippen LogP contribution >= 0.6 is 0 Å². The van der Waals surface area contributed by atoms with Crippen molar-refractivity contribution in [2.24, 2.45) is 23.7 Å². The molecule has 0 aliphatic carbocycles. The average molecular weight is 475 g/mol. The van der Waals surface area contributed by atoms with E-state index in [4.69, 9.17) is 4.74 Å². The summed E-state index contributed by atoms with van der Waals surface area (Å²) in [6, 6.07) is 0. The molecule has 0 spiro atoms. The van der Waals surface area contributed by atoms with Crippen LogP contribution in [0.1, 0.15) is 91.9 Å². The van der Waals surface area contributed by atoms with Crippen molar-refractivity contribution in [2.75, 3.05) is 0 Å². The SMILES string of the molecule is C=CC=C[C@H](C)[C@H]1OC(=O)CCCCCCCCC=C[C@H](C)[C@H](O)[C@@H](C)C=CCC[C@@H](O)[C@H]1C. The first-order valence-corrected chi connectivity index (χ1v) is 13.5. The molecule has 0 bridgehead atoms. The van der Waals surface area contributed by atoms with Gasteiger partial charge in [-0.1, -0.05) is 102 Å². The summed E-state index contributed by atoms with van der Waals surface area (Å²) < 4.78 is 5.90. The summed E-state index contributed by atoms with van der Waals surface area (Å²) in [5.41, 5.74) is 0. The Balaban J connectivity index is 2.89. The highest BCUT2D eigenvalue weighted by atomic mass is 16.5. The first-order chi connectivity index (χ1) is 16.3. The summed E-state index contributed by atoms with van der Waals surface area (Å²) in [5.74, 6) is -0.217. The lowest BCUT2D eigenvalue weighted by atomic mass is 9.86. The minimum atomic E-state index is -0.582. The molecule has 1 aliphatic rings. The van der Waals surface area contributed by atoms with Gasteiger partial charge in [-0.15, -0.1) is 0 Å². The molecule has 7 atom stereocenters. The van der Waals surface area contributed by atoms with Gasteiger partial charge in [0.2, 0.25) is 0 Å². The number of ether oxygens (including phenoxy) is 1. The molecule has 0 saturated heterocycles. The van der Waals surface area contributed by atoms with Gasteiger partial charge in [-0.05, 0) is 32.1 Å². The maximum absolute atomic E-state index is 12.6. The summed E-state index contributed by atoms with van der Waals surface area (Å²) in [7, 11) is 0. The number of aliphatic hydroxyl groups excluding tert-OH is 2. The standard InChI is InChI=1S/C30H50O4/c1-6-7-18-25(4)30-26(5)27(31)21-17-16-20-24(3)29(33)23(2)19-14-12-10-8-9-11-13-15-22-28(32)34-30/h6-7,14,16,18-20,23-27,29-31,33H,1,8-13,15,17,21-22H2,2-5H3/t23-,24-,25-,26+,27+,29-,30+/m0/s1. The lowest BCUT2D eigenvalue weighted by molar-refractivity contribution is -0.156. The van der Waals surface area contributed by atoms with Gasteiger partial charge < -0.3 is 14.9 Å². The topological polar surface area (TPSA) is 66.8 Å². The first kappa shape index (κ1) is 30.4. The molecule has 4 heteroatoms. The van der Waals surface area contributed by atoms with Crippen molar-refractivity contribution >= 4 is 5.97 Å². The predicted molar refractivity (Wildman–Crippen MR) is 142 cm³/mol. The number of aliphatic hydroxyl groups is 2. The van der Waals surface area contributed by atoms with Crippen molar-refractivity contribution in [2.45, 2.75) is 110 Å². The van der Waals surface area contributed by atoms with Crippen LogP contribution in [0.15, 0.2) is 49.1 Å². The first-order valence-electron chi connectivity index (χ1n) is 13.5. The van der Waals surface area contributed by atoms with Gasteiger partial charge in [0.1, 0.15) is 6.10 Å². The van der Waals surface area contributed by atoms with Crippen LogP contribution in [-0.4, -0.2) is 34.5 Å². The Labute approximate surface area is 208 Å². The van der Waals surface area contributed by atoms with Crippen molar-refractivity contribution in [3.05, 3.63) is 49.1 Å². The summed E-state index contributed by atoms with van der Waals surface area (Å²) in [5, 5.41) is 21.5. The lowest BCUT2D eigenvalue weighted by Crippen LogP contribution is -2.37. The van der Waals surface area contributed by atoms with Crippen LogP contribution < -0.4 is 0 Å². The quantitative estimate of drug-likeness (QED) is 0.264. The summed E-state index contributed by atoms with van der Waals surface area (Å²) in [6.07, 6.45) is 21.9. The number of hydrogen-bond acceptors (Lipinski definition) is 4. The maximum atomic E-state index is 12.6. The van der Waals surface area contributed by atoms with Crippen molar-refractivity contribution in [3.8, 4) is 0 Å². The Bertz CT molecular complexity index is 650. The zero-order valence-electron chi connectivity index (χ0n) is 22.1. The molecule has 0 radical (unpaired) electrons. The highest BCUT2D eigenvalue weighted by Gasteiger charge is 2.30. The number of carbonyl (C=O) groups is 1. The van der Waals surface area contributed by atoms with Gasteiger partial charge in [-0.25, -0.2) is 0 Å². The third kappa shape index (κ3) is 12.2. The van der Waals surface area contributed by atoms with E-state index in [2.05, 4.69) is 25.7 Å². The van der Waals surface area contributed by atoms with Crippen LogP contribution in [0.5, 0.6) is 0 Å². The summed E-state index contributed by atoms with van der Waals surface area (Å²) >= 11 is 0. The van der Waals surface area contributed by atoms with E-state index in [0.29, 0.717) is 19.3 Å². The fourth-order valence-electron chi connectivity index (χ4n) is 4.58. The molecular formula is C30H50O4. The second kappa shape index (κ2) is 17.7. The Morgan fingerprint density at radius 1 is 0.971 bits per heavy atom. The second-order valence-corrected chi connectivity index (χ2v) is 10.2. The van der Waals surface area contributed by atoms with Crippen LogP contribution in [0.4, 0.5) is 0 Å². The summed E-state index contributed by atoms with van der Waals surface area (Å²) in [4.78, 5) is 12.6. The molecule has 1 aliphatic heterocycles. The minimum Gasteiger partial charge on any atom is -0.461 e. The van der Waals surface area contributed by atoms with Crippen LogP contribution in [0.25, 0.3) is 0 Å². The minimum absolute atomic E-state index is 0.0163. The smallest absolute Gasteiger partial charge is 0.306 e. The molecule has 0 fully saturated rings. The molecular weight excluding hydrogens is 424 g/mol. The summed E-state index contributed by atoms with van der Waals surface area (Å²) in [6.45, 7) is 11.8. The second-order valence-electron chi connectivity index (χ2n) is 10.2. The van der Waals surface area contributed by atoms with Crippen LogP contribution in [0, 0.1) is 23.7 Å². The van der Waals surface area contributed by atoms with Gasteiger partial charge in [0.15, 0.2) is 0 Å². The normalized spacial score (nSPS) is 32.9. The fraction of sp³-hybridized carbons (Fsp3) is 0.700. The zero-order chi connectivity index (χ0) is 25.3. The van der Waals surface area contributed by atoms with Crippen molar-refractivity contribution in [1.82, 2.24) is 0 Å². The number of allylic oxidation sites excluding steroid dienone is 4. The van der Waals surface area contributed by atoms with Crippen LogP contribution in [0.2, 0.25) is 0 Å². The van der Waals surface area contributed by atoms with Crippen LogP contribution in [0.3, 0.4) is 0 Å². The van der Waals surface area contributed by atoms with Crippen molar-refractivity contribution < 1.29 is 19.7 Å². The Hall–Kier alpha value is -1.65. The monoisotopic (exact) mass is 474 g/mol. The van der Waals surface area contributed by atoms with E-state index in [1.54, 1.807) is 6.08 Å². The van der Waals surface area contributed by atoms with Gasteiger partial charge in [0, 0.05) is 30.1 Å². The van der Waals surface area contributed by atoms with E-state index in [1.807, 2.05) is 45.1 Å². The molecule has 0 aromatic carbocycles. The largest absolute Gasteiger partial charge is 0.461 e. The molecule has 1 heterocycles. The molecule has 0 amide bonds. The molecule has 0 saturated carbocycles. The van der Waals surface area contributed by atoms with E-state index >= 15 is 0 Å². The highest BCUT2D eigenvalue weighted by Crippen LogP contribution is 2.25. The van der Waals surface area contributed by atoms with E-state index < -0.39 is 12.2 Å². The molecule has 2 N–H and O–H groups in total. The molecule has 0 unspecified atom stereocenters. The molecule has 4 nitrogen and oxygen atoms in total.